The van der Waals surface area contributed by atoms with E-state index in [1.165, 1.54) is 10.7 Å². The fraction of sp³-hybridized carbons (Fsp3) is 0.0588. The summed E-state index contributed by atoms with van der Waals surface area (Å²) in [6, 6.07) is 19.5. The van der Waals surface area contributed by atoms with Gasteiger partial charge in [0.05, 0.1) is 5.69 Å². The Morgan fingerprint density at radius 2 is 1.70 bits per heavy atom. The number of ether oxygens (including phenoxy) is 1. The Morgan fingerprint density at radius 1 is 1.04 bits per heavy atom. The lowest BCUT2D eigenvalue weighted by Crippen LogP contribution is -2.20. The third kappa shape index (κ3) is 3.68. The zero-order valence-corrected chi connectivity index (χ0v) is 12.2. The molecule has 3 aromatic rings. The molecule has 0 atom stereocenters. The summed E-state index contributed by atoms with van der Waals surface area (Å²) in [6.07, 6.45) is 0. The van der Waals surface area contributed by atoms with Crippen molar-refractivity contribution in [1.82, 2.24) is 9.78 Å². The Labute approximate surface area is 132 Å². The lowest BCUT2D eigenvalue weighted by Gasteiger charge is -2.06. The third-order valence-electron chi connectivity index (χ3n) is 3.12. The molecule has 0 aliphatic heterocycles. The summed E-state index contributed by atoms with van der Waals surface area (Å²) >= 11 is 0. The number of rotatable bonds is 5. The first kappa shape index (κ1) is 14.6. The number of nitrogens with one attached hydrogen (secondary N) is 2. The number of amides is 1. The van der Waals surface area contributed by atoms with Crippen LogP contribution in [0.15, 0.2) is 71.5 Å². The number of aromatic amines is 1. The number of carbonyl (C=O) groups excluding carboxylic acids is 1. The highest BCUT2D eigenvalue weighted by Crippen LogP contribution is 2.09. The Morgan fingerprint density at radius 3 is 2.39 bits per heavy atom. The van der Waals surface area contributed by atoms with Gasteiger partial charge in [0, 0.05) is 6.07 Å². The molecular weight excluding hydrogens is 294 g/mol. The maximum absolute atomic E-state index is 12.0. The minimum absolute atomic E-state index is 0.136. The molecule has 0 fully saturated rings. The molecule has 0 unspecified atom stereocenters. The number of para-hydroxylation sites is 2. The van der Waals surface area contributed by atoms with Crippen molar-refractivity contribution >= 4 is 11.7 Å². The predicted molar refractivity (Wildman–Crippen MR) is 87.0 cm³/mol. The number of carbonyl (C=O) groups is 1. The van der Waals surface area contributed by atoms with Crippen molar-refractivity contribution in [2.24, 2.45) is 0 Å². The van der Waals surface area contributed by atoms with Crippen LogP contribution in [0.2, 0.25) is 0 Å². The van der Waals surface area contributed by atoms with Gasteiger partial charge in [-0.15, -0.1) is 0 Å². The normalized spacial score (nSPS) is 10.3. The summed E-state index contributed by atoms with van der Waals surface area (Å²) in [5.41, 5.74) is 0.439. The molecule has 0 radical (unpaired) electrons. The van der Waals surface area contributed by atoms with Gasteiger partial charge in [0.15, 0.2) is 6.61 Å². The number of hydrogen-bond donors (Lipinski definition) is 2. The van der Waals surface area contributed by atoms with E-state index < -0.39 is 0 Å². The van der Waals surface area contributed by atoms with E-state index in [-0.39, 0.29) is 18.1 Å². The van der Waals surface area contributed by atoms with Gasteiger partial charge < -0.3 is 10.1 Å². The molecule has 3 rings (SSSR count). The topological polar surface area (TPSA) is 76.1 Å². The van der Waals surface area contributed by atoms with Crippen molar-refractivity contribution in [3.05, 3.63) is 77.1 Å². The molecule has 0 saturated carbocycles. The Bertz CT molecular complexity index is 838. The molecule has 1 amide bonds. The van der Waals surface area contributed by atoms with Crippen LogP contribution in [0.1, 0.15) is 0 Å². The van der Waals surface area contributed by atoms with Crippen molar-refractivity contribution in [3.8, 4) is 11.4 Å². The molecule has 6 heteroatoms. The molecule has 0 bridgehead atoms. The smallest absolute Gasteiger partial charge is 0.273 e. The molecule has 6 nitrogen and oxygen atoms in total. The van der Waals surface area contributed by atoms with Gasteiger partial charge in [-0.05, 0) is 24.3 Å². The first-order valence-electron chi connectivity index (χ1n) is 7.07. The molecule has 1 heterocycles. The van der Waals surface area contributed by atoms with Crippen molar-refractivity contribution in [2.45, 2.75) is 0 Å². The highest BCUT2D eigenvalue weighted by atomic mass is 16.5. The summed E-state index contributed by atoms with van der Waals surface area (Å²) in [5.74, 6) is 0.578. The molecule has 1 aromatic heterocycles. The number of anilines is 1. The highest BCUT2D eigenvalue weighted by molar-refractivity contribution is 5.90. The van der Waals surface area contributed by atoms with Crippen LogP contribution < -0.4 is 15.6 Å². The van der Waals surface area contributed by atoms with Crippen LogP contribution in [0.5, 0.6) is 5.75 Å². The van der Waals surface area contributed by atoms with Gasteiger partial charge >= 0.3 is 0 Å². The van der Waals surface area contributed by atoms with Crippen LogP contribution in [0.25, 0.3) is 5.69 Å². The average molecular weight is 309 g/mol. The first-order valence-corrected chi connectivity index (χ1v) is 7.07. The lowest BCUT2D eigenvalue weighted by atomic mass is 10.3. The molecule has 0 aliphatic carbocycles. The third-order valence-corrected chi connectivity index (χ3v) is 3.12. The van der Waals surface area contributed by atoms with Crippen LogP contribution in [0.4, 0.5) is 5.82 Å². The van der Waals surface area contributed by atoms with E-state index in [0.717, 1.165) is 0 Å². The fourth-order valence-corrected chi connectivity index (χ4v) is 2.08. The largest absolute Gasteiger partial charge is 0.484 e. The van der Waals surface area contributed by atoms with E-state index in [9.17, 15) is 9.59 Å². The molecule has 0 aliphatic rings. The van der Waals surface area contributed by atoms with Crippen LogP contribution in [-0.2, 0) is 4.79 Å². The van der Waals surface area contributed by atoms with E-state index >= 15 is 0 Å². The first-order chi connectivity index (χ1) is 11.2. The van der Waals surface area contributed by atoms with Crippen molar-refractivity contribution in [3.63, 3.8) is 0 Å². The number of hydrogen-bond acceptors (Lipinski definition) is 3. The number of H-pyrrole nitrogens is 1. The summed E-state index contributed by atoms with van der Waals surface area (Å²) in [7, 11) is 0. The van der Waals surface area contributed by atoms with E-state index in [1.54, 1.807) is 24.3 Å². The SMILES string of the molecule is O=C(COc1ccccc1)Nc1cc(=O)n(-c2ccccc2)[nH]1. The van der Waals surface area contributed by atoms with Crippen LogP contribution in [0, 0.1) is 0 Å². The zero-order chi connectivity index (χ0) is 16.1. The molecule has 116 valence electrons. The van der Waals surface area contributed by atoms with Gasteiger partial charge in [-0.2, -0.15) is 0 Å². The van der Waals surface area contributed by atoms with Crippen molar-refractivity contribution in [1.29, 1.82) is 0 Å². The molecule has 23 heavy (non-hydrogen) atoms. The van der Waals surface area contributed by atoms with Crippen LogP contribution >= 0.6 is 0 Å². The van der Waals surface area contributed by atoms with E-state index in [0.29, 0.717) is 17.3 Å². The summed E-state index contributed by atoms with van der Waals surface area (Å²) in [5, 5.41) is 5.45. The second-order valence-electron chi connectivity index (χ2n) is 4.83. The molecule has 2 N–H and O–H groups in total. The van der Waals surface area contributed by atoms with Gasteiger partial charge in [-0.1, -0.05) is 36.4 Å². The summed E-state index contributed by atoms with van der Waals surface area (Å²) < 4.78 is 6.71. The van der Waals surface area contributed by atoms with Gasteiger partial charge in [-0.3, -0.25) is 14.7 Å². The van der Waals surface area contributed by atoms with E-state index in [2.05, 4.69) is 10.4 Å². The fourth-order valence-electron chi connectivity index (χ4n) is 2.08. The number of nitrogens with zero attached hydrogens (tertiary/aromatic N) is 1. The highest BCUT2D eigenvalue weighted by Gasteiger charge is 2.08. The Hall–Kier alpha value is -3.28. The number of benzene rings is 2. The molecular formula is C17H15N3O3. The molecule has 0 spiro atoms. The summed E-state index contributed by atoms with van der Waals surface area (Å²) in [6.45, 7) is -0.136. The van der Waals surface area contributed by atoms with E-state index in [4.69, 9.17) is 4.74 Å². The number of aromatic nitrogens is 2. The summed E-state index contributed by atoms with van der Waals surface area (Å²) in [4.78, 5) is 23.8. The second-order valence-corrected chi connectivity index (χ2v) is 4.83. The lowest BCUT2D eigenvalue weighted by molar-refractivity contribution is -0.118. The predicted octanol–water partition coefficient (Wildman–Crippen LogP) is 2.18. The maximum atomic E-state index is 12.0. The Kier molecular flexibility index (Phi) is 4.24. The molecule has 2 aromatic carbocycles. The zero-order valence-electron chi connectivity index (χ0n) is 12.2. The van der Waals surface area contributed by atoms with Crippen LogP contribution in [0.3, 0.4) is 0 Å². The van der Waals surface area contributed by atoms with Gasteiger partial charge in [-0.25, -0.2) is 4.68 Å². The monoisotopic (exact) mass is 309 g/mol. The molecule has 0 saturated heterocycles. The Balaban J connectivity index is 1.64. The van der Waals surface area contributed by atoms with Gasteiger partial charge in [0.2, 0.25) is 0 Å². The second kappa shape index (κ2) is 6.65. The minimum atomic E-state index is -0.352. The van der Waals surface area contributed by atoms with E-state index in [1.807, 2.05) is 36.4 Å². The quantitative estimate of drug-likeness (QED) is 0.758. The minimum Gasteiger partial charge on any atom is -0.484 e. The average Bonchev–Trinajstić information content (AvgIpc) is 2.95. The van der Waals surface area contributed by atoms with Crippen LogP contribution in [-0.4, -0.2) is 22.3 Å². The standard InChI is InChI=1S/C17H15N3O3/c21-16(12-23-14-9-5-2-6-10-14)18-15-11-17(22)20(19-15)13-7-3-1-4-8-13/h1-11,19H,12H2,(H,18,21). The van der Waals surface area contributed by atoms with Crippen molar-refractivity contribution < 1.29 is 9.53 Å². The van der Waals surface area contributed by atoms with Gasteiger partial charge in [0.25, 0.3) is 11.5 Å². The van der Waals surface area contributed by atoms with Gasteiger partial charge in [0.1, 0.15) is 11.6 Å². The van der Waals surface area contributed by atoms with Crippen molar-refractivity contribution in [2.75, 3.05) is 11.9 Å². The maximum Gasteiger partial charge on any atom is 0.273 e.